The van der Waals surface area contributed by atoms with E-state index in [0.717, 1.165) is 64.3 Å². The quantitative estimate of drug-likeness (QED) is 0.251. The third kappa shape index (κ3) is 7.33. The number of nitrogens with zero attached hydrogens (tertiary/aromatic N) is 2. The Bertz CT molecular complexity index is 694. The number of rotatable bonds is 7. The van der Waals surface area contributed by atoms with Crippen molar-refractivity contribution in [3.8, 4) is 0 Å². The third-order valence-electron chi connectivity index (χ3n) is 9.57. The number of alkyl halides is 1. The average Bonchev–Trinajstić information content (AvgIpc) is 3.30. The van der Waals surface area contributed by atoms with Gasteiger partial charge in [-0.2, -0.15) is 0 Å². The number of nitrogens with two attached hydrogens (primary N) is 2. The standard InChI is InChI=1S/C27H52ClN7O/c1-34(2)18-19-7-13-35(14-8-19)23-6-12-31-17-22(23)33-26(36)24(25(29)30)21-15-27(9-3-4-10-27)11-5-20(28)16-32-21/h19-25,31-32H,3-18,29-30H2,1-2H3,(H,33,36). The molecular formula is C27H52ClN7O. The number of likely N-dealkylation sites (tertiary alicyclic amines) is 1. The van der Waals surface area contributed by atoms with Crippen LogP contribution in [0.4, 0.5) is 0 Å². The molecule has 3 aliphatic heterocycles. The van der Waals surface area contributed by atoms with Crippen LogP contribution in [0.25, 0.3) is 0 Å². The van der Waals surface area contributed by atoms with Crippen LogP contribution in [0.2, 0.25) is 0 Å². The lowest BCUT2D eigenvalue weighted by Gasteiger charge is -2.45. The summed E-state index contributed by atoms with van der Waals surface area (Å²) in [6.45, 7) is 5.88. The smallest absolute Gasteiger partial charge is 0.227 e. The first-order chi connectivity index (χ1) is 17.3. The fourth-order valence-electron chi connectivity index (χ4n) is 7.64. The van der Waals surface area contributed by atoms with Crippen molar-refractivity contribution < 1.29 is 4.79 Å². The Morgan fingerprint density at radius 3 is 2.50 bits per heavy atom. The molecular weight excluding hydrogens is 474 g/mol. The first kappa shape index (κ1) is 28.5. The van der Waals surface area contributed by atoms with Crippen molar-refractivity contribution in [1.29, 1.82) is 0 Å². The first-order valence-electron chi connectivity index (χ1n) is 14.5. The summed E-state index contributed by atoms with van der Waals surface area (Å²) in [7, 11) is 4.33. The molecule has 4 rings (SSSR count). The molecule has 1 saturated carbocycles. The second kappa shape index (κ2) is 13.0. The van der Waals surface area contributed by atoms with Gasteiger partial charge < -0.3 is 32.3 Å². The summed E-state index contributed by atoms with van der Waals surface area (Å²) in [5.74, 6) is 0.311. The summed E-state index contributed by atoms with van der Waals surface area (Å²) in [6, 6.07) is 0.401. The molecule has 0 bridgehead atoms. The Hall–Kier alpha value is -0.480. The van der Waals surface area contributed by atoms with E-state index in [2.05, 4.69) is 39.8 Å². The molecule has 0 aromatic heterocycles. The predicted molar refractivity (Wildman–Crippen MR) is 148 cm³/mol. The van der Waals surface area contributed by atoms with Crippen LogP contribution in [0.15, 0.2) is 0 Å². The molecule has 4 aliphatic rings. The van der Waals surface area contributed by atoms with Crippen LogP contribution in [-0.4, -0.2) is 98.7 Å². The van der Waals surface area contributed by atoms with Gasteiger partial charge in [0.15, 0.2) is 0 Å². The number of hydrogen-bond donors (Lipinski definition) is 5. The van der Waals surface area contributed by atoms with Crippen molar-refractivity contribution in [2.45, 2.75) is 93.9 Å². The lowest BCUT2D eigenvalue weighted by atomic mass is 9.72. The van der Waals surface area contributed by atoms with Crippen molar-refractivity contribution in [1.82, 2.24) is 25.8 Å². The molecule has 3 heterocycles. The molecule has 36 heavy (non-hydrogen) atoms. The Morgan fingerprint density at radius 1 is 1.11 bits per heavy atom. The van der Waals surface area contributed by atoms with Crippen molar-refractivity contribution in [2.24, 2.45) is 28.7 Å². The summed E-state index contributed by atoms with van der Waals surface area (Å²) in [4.78, 5) is 18.8. The van der Waals surface area contributed by atoms with Crippen molar-refractivity contribution in [3.63, 3.8) is 0 Å². The zero-order chi connectivity index (χ0) is 25.7. The van der Waals surface area contributed by atoms with Gasteiger partial charge in [-0.3, -0.25) is 9.69 Å². The van der Waals surface area contributed by atoms with Crippen LogP contribution in [0.3, 0.4) is 0 Å². The molecule has 7 N–H and O–H groups in total. The normalized spacial score (nSPS) is 33.5. The van der Waals surface area contributed by atoms with Gasteiger partial charge in [0.05, 0.1) is 18.1 Å². The number of carbonyl (C=O) groups is 1. The van der Waals surface area contributed by atoms with Crippen molar-refractivity contribution >= 4 is 17.5 Å². The van der Waals surface area contributed by atoms with Crippen LogP contribution in [-0.2, 0) is 4.79 Å². The van der Waals surface area contributed by atoms with Crippen LogP contribution in [0.1, 0.15) is 64.2 Å². The van der Waals surface area contributed by atoms with Crippen molar-refractivity contribution in [2.75, 3.05) is 53.4 Å². The van der Waals surface area contributed by atoms with E-state index in [9.17, 15) is 4.79 Å². The molecule has 4 fully saturated rings. The van der Waals surface area contributed by atoms with E-state index in [0.29, 0.717) is 12.6 Å². The molecule has 0 radical (unpaired) electrons. The average molecular weight is 526 g/mol. The lowest BCUT2D eigenvalue weighted by molar-refractivity contribution is -0.128. The zero-order valence-corrected chi connectivity index (χ0v) is 23.4. The summed E-state index contributed by atoms with van der Waals surface area (Å²) in [5.41, 5.74) is 12.9. The molecule has 208 valence electrons. The van der Waals surface area contributed by atoms with Crippen LogP contribution >= 0.6 is 11.6 Å². The molecule has 5 unspecified atom stereocenters. The topological polar surface area (TPSA) is 112 Å². The Balaban J connectivity index is 1.42. The Labute approximate surface area is 224 Å². The second-order valence-electron chi connectivity index (χ2n) is 12.6. The number of carbonyl (C=O) groups excluding carboxylic acids is 1. The van der Waals surface area contributed by atoms with Crippen LogP contribution in [0, 0.1) is 17.3 Å². The van der Waals surface area contributed by atoms with Gasteiger partial charge in [-0.1, -0.05) is 12.8 Å². The monoisotopic (exact) mass is 525 g/mol. The summed E-state index contributed by atoms with van der Waals surface area (Å²) >= 11 is 6.64. The summed E-state index contributed by atoms with van der Waals surface area (Å²) in [5, 5.41) is 10.7. The van der Waals surface area contributed by atoms with Crippen LogP contribution < -0.4 is 27.4 Å². The van der Waals surface area contributed by atoms with Gasteiger partial charge in [0.2, 0.25) is 5.91 Å². The molecule has 0 aromatic carbocycles. The van der Waals surface area contributed by atoms with Gasteiger partial charge in [0.1, 0.15) is 0 Å². The molecule has 8 nitrogen and oxygen atoms in total. The minimum absolute atomic E-state index is 0.00327. The minimum Gasteiger partial charge on any atom is -0.350 e. The third-order valence-corrected chi connectivity index (χ3v) is 9.94. The molecule has 1 aliphatic carbocycles. The van der Waals surface area contributed by atoms with E-state index in [1.807, 2.05) is 0 Å². The van der Waals surface area contributed by atoms with E-state index in [4.69, 9.17) is 23.1 Å². The highest BCUT2D eigenvalue weighted by atomic mass is 35.5. The molecule has 9 heteroatoms. The Kier molecular flexibility index (Phi) is 10.3. The first-order valence-corrected chi connectivity index (χ1v) is 15.0. The van der Waals surface area contributed by atoms with Crippen LogP contribution in [0.5, 0.6) is 0 Å². The number of hydrogen-bond acceptors (Lipinski definition) is 7. The maximum Gasteiger partial charge on any atom is 0.227 e. The predicted octanol–water partition coefficient (Wildman–Crippen LogP) is 1.28. The molecule has 1 amide bonds. The van der Waals surface area contributed by atoms with Gasteiger partial charge in [-0.05, 0) is 96.4 Å². The minimum atomic E-state index is -0.703. The number of nitrogens with one attached hydrogen (secondary N) is 3. The number of piperidine rings is 2. The summed E-state index contributed by atoms with van der Waals surface area (Å²) in [6.07, 6.45) is 10.9. The SMILES string of the molecule is CN(C)CC1CCN(C2CCNCC2NC(=O)C(C(N)N)C2CC3(CCCC3)CCC(Cl)CN2)CC1. The van der Waals surface area contributed by atoms with Gasteiger partial charge in [0.25, 0.3) is 0 Å². The van der Waals surface area contributed by atoms with E-state index in [-0.39, 0.29) is 28.8 Å². The van der Waals surface area contributed by atoms with Gasteiger partial charge in [0, 0.05) is 37.1 Å². The van der Waals surface area contributed by atoms with E-state index in [1.54, 1.807) is 0 Å². The summed E-state index contributed by atoms with van der Waals surface area (Å²) < 4.78 is 0. The highest BCUT2D eigenvalue weighted by Crippen LogP contribution is 2.47. The van der Waals surface area contributed by atoms with Gasteiger partial charge in [-0.15, -0.1) is 11.6 Å². The molecule has 5 atom stereocenters. The largest absolute Gasteiger partial charge is 0.350 e. The fourth-order valence-corrected chi connectivity index (χ4v) is 7.83. The number of amides is 1. The highest BCUT2D eigenvalue weighted by Gasteiger charge is 2.43. The van der Waals surface area contributed by atoms with E-state index >= 15 is 0 Å². The van der Waals surface area contributed by atoms with E-state index in [1.165, 1.54) is 38.5 Å². The maximum atomic E-state index is 13.8. The molecule has 0 aromatic rings. The Morgan fingerprint density at radius 2 is 1.83 bits per heavy atom. The maximum absolute atomic E-state index is 13.8. The van der Waals surface area contributed by atoms with E-state index < -0.39 is 12.1 Å². The van der Waals surface area contributed by atoms with Gasteiger partial charge >= 0.3 is 0 Å². The molecule has 3 saturated heterocycles. The highest BCUT2D eigenvalue weighted by molar-refractivity contribution is 6.20. The van der Waals surface area contributed by atoms with Crippen molar-refractivity contribution in [3.05, 3.63) is 0 Å². The fraction of sp³-hybridized carbons (Fsp3) is 0.963. The second-order valence-corrected chi connectivity index (χ2v) is 13.2. The molecule has 1 spiro atoms. The number of halogens is 1. The lowest BCUT2D eigenvalue weighted by Crippen LogP contribution is -2.64. The zero-order valence-electron chi connectivity index (χ0n) is 22.7. The van der Waals surface area contributed by atoms with Gasteiger partial charge in [-0.25, -0.2) is 0 Å².